The van der Waals surface area contributed by atoms with E-state index in [0.717, 1.165) is 15.9 Å². The number of nitrogens with one attached hydrogen (secondary N) is 1. The Labute approximate surface area is 161 Å². The van der Waals surface area contributed by atoms with Gasteiger partial charge in [0.1, 0.15) is 0 Å². The van der Waals surface area contributed by atoms with Crippen LogP contribution in [0.1, 0.15) is 43.1 Å². The number of benzene rings is 1. The van der Waals surface area contributed by atoms with Crippen LogP contribution in [0.3, 0.4) is 0 Å². The van der Waals surface area contributed by atoms with E-state index in [4.69, 9.17) is 0 Å². The SMILES string of the molecule is CC(C)n1ncc2cc(NC(=O)c3ccc(N4C(=O)CCC4=O)cc3)cnc21. The minimum absolute atomic E-state index is 0.193. The monoisotopic (exact) mass is 377 g/mol. The Kier molecular flexibility index (Phi) is 4.38. The van der Waals surface area contributed by atoms with Crippen LogP contribution in [0.2, 0.25) is 0 Å². The normalized spacial score (nSPS) is 14.3. The zero-order chi connectivity index (χ0) is 19.8. The summed E-state index contributed by atoms with van der Waals surface area (Å²) in [4.78, 5) is 41.7. The minimum atomic E-state index is -0.303. The van der Waals surface area contributed by atoms with Crippen LogP contribution in [0, 0.1) is 0 Å². The summed E-state index contributed by atoms with van der Waals surface area (Å²) in [7, 11) is 0. The Hall–Kier alpha value is -3.55. The predicted octanol–water partition coefficient (Wildman–Crippen LogP) is 2.92. The van der Waals surface area contributed by atoms with Gasteiger partial charge in [-0.15, -0.1) is 0 Å². The molecule has 0 spiro atoms. The molecule has 1 fully saturated rings. The number of pyridine rings is 1. The van der Waals surface area contributed by atoms with Gasteiger partial charge in [0.05, 0.1) is 23.8 Å². The molecule has 2 aromatic heterocycles. The van der Waals surface area contributed by atoms with Crippen LogP contribution in [0.15, 0.2) is 42.7 Å². The Morgan fingerprint density at radius 2 is 1.75 bits per heavy atom. The van der Waals surface area contributed by atoms with Crippen LogP contribution < -0.4 is 10.2 Å². The quantitative estimate of drug-likeness (QED) is 0.705. The van der Waals surface area contributed by atoms with Crippen molar-refractivity contribution < 1.29 is 14.4 Å². The van der Waals surface area contributed by atoms with E-state index < -0.39 is 0 Å². The molecule has 0 unspecified atom stereocenters. The Bertz CT molecular complexity index is 1070. The molecule has 1 aliphatic rings. The molecule has 3 amide bonds. The van der Waals surface area contributed by atoms with Crippen LogP contribution in [0.25, 0.3) is 11.0 Å². The lowest BCUT2D eigenvalue weighted by molar-refractivity contribution is -0.121. The number of aromatic nitrogens is 3. The number of anilines is 2. The molecule has 4 rings (SSSR count). The van der Waals surface area contributed by atoms with E-state index >= 15 is 0 Å². The zero-order valence-corrected chi connectivity index (χ0v) is 15.5. The summed E-state index contributed by atoms with van der Waals surface area (Å²) in [6, 6.07) is 8.40. The molecular formula is C20H19N5O3. The van der Waals surface area contributed by atoms with E-state index in [1.807, 2.05) is 24.6 Å². The van der Waals surface area contributed by atoms with Gasteiger partial charge in [-0.25, -0.2) is 9.67 Å². The first kappa shape index (κ1) is 17.8. The molecule has 0 saturated carbocycles. The van der Waals surface area contributed by atoms with E-state index in [-0.39, 0.29) is 36.6 Å². The Morgan fingerprint density at radius 3 is 2.39 bits per heavy atom. The van der Waals surface area contributed by atoms with E-state index in [1.165, 1.54) is 0 Å². The number of rotatable bonds is 4. The summed E-state index contributed by atoms with van der Waals surface area (Å²) >= 11 is 0. The summed E-state index contributed by atoms with van der Waals surface area (Å²) in [5, 5.41) is 7.96. The molecule has 3 aromatic rings. The number of amides is 3. The van der Waals surface area contributed by atoms with Crippen molar-refractivity contribution in [2.24, 2.45) is 0 Å². The maximum absolute atomic E-state index is 12.5. The third-order valence-corrected chi connectivity index (χ3v) is 4.62. The van der Waals surface area contributed by atoms with Crippen molar-refractivity contribution in [1.29, 1.82) is 0 Å². The van der Waals surface area contributed by atoms with Gasteiger partial charge in [0.15, 0.2) is 5.65 Å². The summed E-state index contributed by atoms with van der Waals surface area (Å²) in [5.74, 6) is -0.741. The van der Waals surface area contributed by atoms with Gasteiger partial charge in [-0.3, -0.25) is 19.3 Å². The average Bonchev–Trinajstić information content (AvgIpc) is 3.24. The lowest BCUT2D eigenvalue weighted by atomic mass is 10.1. The van der Waals surface area contributed by atoms with Crippen molar-refractivity contribution in [3.05, 3.63) is 48.3 Å². The van der Waals surface area contributed by atoms with Gasteiger partial charge in [0.25, 0.3) is 5.91 Å². The second-order valence-corrected chi connectivity index (χ2v) is 6.94. The van der Waals surface area contributed by atoms with Crippen LogP contribution in [0.4, 0.5) is 11.4 Å². The summed E-state index contributed by atoms with van der Waals surface area (Å²) in [5.41, 5.74) is 2.22. The molecule has 8 heteroatoms. The first-order chi connectivity index (χ1) is 13.4. The molecule has 0 radical (unpaired) electrons. The third-order valence-electron chi connectivity index (χ3n) is 4.62. The van der Waals surface area contributed by atoms with Crippen molar-refractivity contribution in [3.63, 3.8) is 0 Å². The fourth-order valence-corrected chi connectivity index (χ4v) is 3.22. The molecule has 1 aliphatic heterocycles. The molecule has 142 valence electrons. The van der Waals surface area contributed by atoms with Gasteiger partial charge in [0.2, 0.25) is 11.8 Å². The highest BCUT2D eigenvalue weighted by Gasteiger charge is 2.30. The number of fused-ring (bicyclic) bond motifs is 1. The zero-order valence-electron chi connectivity index (χ0n) is 15.5. The molecule has 0 aliphatic carbocycles. The first-order valence-corrected chi connectivity index (χ1v) is 9.04. The second kappa shape index (κ2) is 6.88. The van der Waals surface area contributed by atoms with E-state index in [9.17, 15) is 14.4 Å². The number of hydrogen-bond donors (Lipinski definition) is 1. The van der Waals surface area contributed by atoms with Gasteiger partial charge < -0.3 is 5.32 Å². The minimum Gasteiger partial charge on any atom is -0.321 e. The van der Waals surface area contributed by atoms with Crippen molar-refractivity contribution in [2.75, 3.05) is 10.2 Å². The van der Waals surface area contributed by atoms with Crippen molar-refractivity contribution in [1.82, 2.24) is 14.8 Å². The average molecular weight is 377 g/mol. The van der Waals surface area contributed by atoms with Crippen LogP contribution in [0.5, 0.6) is 0 Å². The van der Waals surface area contributed by atoms with Gasteiger partial charge in [-0.05, 0) is 44.2 Å². The predicted molar refractivity (Wildman–Crippen MR) is 104 cm³/mol. The Balaban J connectivity index is 1.51. The van der Waals surface area contributed by atoms with Gasteiger partial charge >= 0.3 is 0 Å². The second-order valence-electron chi connectivity index (χ2n) is 6.94. The summed E-state index contributed by atoms with van der Waals surface area (Å²) < 4.78 is 1.82. The van der Waals surface area contributed by atoms with Crippen molar-refractivity contribution >= 4 is 40.1 Å². The largest absolute Gasteiger partial charge is 0.321 e. The van der Waals surface area contributed by atoms with Gasteiger partial charge in [-0.1, -0.05) is 0 Å². The summed E-state index contributed by atoms with van der Waals surface area (Å²) in [6.45, 7) is 4.05. The maximum atomic E-state index is 12.5. The van der Waals surface area contributed by atoms with Crippen LogP contribution in [-0.2, 0) is 9.59 Å². The highest BCUT2D eigenvalue weighted by Crippen LogP contribution is 2.23. The van der Waals surface area contributed by atoms with E-state index in [1.54, 1.807) is 36.7 Å². The number of imide groups is 1. The van der Waals surface area contributed by atoms with Crippen molar-refractivity contribution in [3.8, 4) is 0 Å². The number of nitrogens with zero attached hydrogens (tertiary/aromatic N) is 4. The fourth-order valence-electron chi connectivity index (χ4n) is 3.22. The molecule has 0 bridgehead atoms. The fraction of sp³-hybridized carbons (Fsp3) is 0.250. The Morgan fingerprint density at radius 1 is 1.07 bits per heavy atom. The maximum Gasteiger partial charge on any atom is 0.255 e. The first-order valence-electron chi connectivity index (χ1n) is 9.04. The van der Waals surface area contributed by atoms with Crippen LogP contribution in [-0.4, -0.2) is 32.5 Å². The summed E-state index contributed by atoms with van der Waals surface area (Å²) in [6.07, 6.45) is 3.77. The van der Waals surface area contributed by atoms with E-state index in [0.29, 0.717) is 16.9 Å². The van der Waals surface area contributed by atoms with E-state index in [2.05, 4.69) is 15.4 Å². The third kappa shape index (κ3) is 3.13. The molecule has 3 heterocycles. The lowest BCUT2D eigenvalue weighted by Crippen LogP contribution is -2.28. The molecule has 1 N–H and O–H groups in total. The molecule has 1 saturated heterocycles. The van der Waals surface area contributed by atoms with Crippen molar-refractivity contribution in [2.45, 2.75) is 32.7 Å². The molecule has 0 atom stereocenters. The number of hydrogen-bond acceptors (Lipinski definition) is 5. The van der Waals surface area contributed by atoms with Gasteiger partial charge in [-0.2, -0.15) is 5.10 Å². The lowest BCUT2D eigenvalue weighted by Gasteiger charge is -2.14. The molecular weight excluding hydrogens is 358 g/mol. The number of carbonyl (C=O) groups is 3. The topological polar surface area (TPSA) is 97.2 Å². The standard InChI is InChI=1S/C20H19N5O3/c1-12(2)25-19-14(10-22-25)9-15(11-21-19)23-20(28)13-3-5-16(6-4-13)24-17(26)7-8-18(24)27/h3-6,9-12H,7-8H2,1-2H3,(H,23,28). The van der Waals surface area contributed by atoms with Gasteiger partial charge in [0, 0.05) is 29.8 Å². The molecule has 1 aromatic carbocycles. The molecule has 28 heavy (non-hydrogen) atoms. The molecule has 8 nitrogen and oxygen atoms in total. The number of carbonyl (C=O) groups excluding carboxylic acids is 3. The smallest absolute Gasteiger partial charge is 0.255 e. The highest BCUT2D eigenvalue weighted by atomic mass is 16.2. The van der Waals surface area contributed by atoms with Crippen LogP contribution >= 0.6 is 0 Å². The highest BCUT2D eigenvalue weighted by molar-refractivity contribution is 6.20.